The maximum absolute atomic E-state index is 12.7. The van der Waals surface area contributed by atoms with E-state index in [0.717, 1.165) is 27.6 Å². The van der Waals surface area contributed by atoms with Gasteiger partial charge in [-0.15, -0.1) is 0 Å². The second-order valence-corrected chi connectivity index (χ2v) is 8.68. The molecule has 1 heterocycles. The normalized spacial score (nSPS) is 11.6. The number of fused-ring (bicyclic) bond motifs is 1. The van der Waals surface area contributed by atoms with Gasteiger partial charge in [-0.05, 0) is 55.2 Å². The van der Waals surface area contributed by atoms with Crippen molar-refractivity contribution in [2.45, 2.75) is 33.8 Å². The molecular formula is C31H31NO4. The molecule has 1 aromatic heterocycles. The first kappa shape index (κ1) is 25.0. The zero-order chi connectivity index (χ0) is 25.7. The molecule has 0 radical (unpaired) electrons. The van der Waals surface area contributed by atoms with Crippen LogP contribution in [0.15, 0.2) is 89.4 Å². The second kappa shape index (κ2) is 11.1. The molecule has 4 rings (SSSR count). The fourth-order valence-electron chi connectivity index (χ4n) is 4.31. The minimum absolute atomic E-state index is 0.0468. The average Bonchev–Trinajstić information content (AvgIpc) is 3.35. The van der Waals surface area contributed by atoms with E-state index < -0.39 is 0 Å². The maximum Gasteiger partial charge on any atom is 0.246 e. The van der Waals surface area contributed by atoms with E-state index in [1.807, 2.05) is 93.6 Å². The van der Waals surface area contributed by atoms with Crippen molar-refractivity contribution in [2.24, 2.45) is 0 Å². The summed E-state index contributed by atoms with van der Waals surface area (Å²) < 4.78 is 12.6. The molecule has 0 aliphatic rings. The van der Waals surface area contributed by atoms with Gasteiger partial charge in [0.05, 0.1) is 0 Å². The van der Waals surface area contributed by atoms with Gasteiger partial charge in [0.1, 0.15) is 6.10 Å². The number of rotatable bonds is 9. The van der Waals surface area contributed by atoms with Crippen molar-refractivity contribution in [2.75, 3.05) is 13.1 Å². The number of likely N-dealkylation sites (N-methyl/N-ethyl adjacent to an activating group) is 1. The highest BCUT2D eigenvalue weighted by Crippen LogP contribution is 2.38. The molecule has 0 atom stereocenters. The Morgan fingerprint density at radius 3 is 2.00 bits per heavy atom. The van der Waals surface area contributed by atoms with Gasteiger partial charge >= 0.3 is 0 Å². The van der Waals surface area contributed by atoms with Gasteiger partial charge in [0.15, 0.2) is 22.9 Å². The standard InChI is InChI=1S/C31H31NO4/c1-5-32(6-2)29(34)19-21(3)25-17-18-27(31-26(25)20-28(36-31)22(4)33)35-30(23-13-9-7-10-14-23)24-15-11-8-12-16-24/h7-20,30H,5-6H2,1-4H3/b21-19-. The summed E-state index contributed by atoms with van der Waals surface area (Å²) in [6.07, 6.45) is 1.27. The average molecular weight is 482 g/mol. The van der Waals surface area contributed by atoms with Crippen molar-refractivity contribution < 1.29 is 18.7 Å². The number of Topliss-reactive ketones (excluding diaryl/α,β-unsaturated/α-hetero) is 1. The predicted octanol–water partition coefficient (Wildman–Crippen LogP) is 7.08. The SMILES string of the molecule is CCN(CC)C(=O)/C=C(/C)c1ccc(OC(c2ccccc2)c2ccccc2)c2oc(C(C)=O)cc12. The van der Waals surface area contributed by atoms with E-state index >= 15 is 0 Å². The fraction of sp³-hybridized carbons (Fsp3) is 0.226. The lowest BCUT2D eigenvalue weighted by Gasteiger charge is -2.21. The van der Waals surface area contributed by atoms with E-state index in [2.05, 4.69) is 0 Å². The summed E-state index contributed by atoms with van der Waals surface area (Å²) in [5.41, 5.74) is 4.10. The van der Waals surface area contributed by atoms with Crippen molar-refractivity contribution in [3.05, 3.63) is 107 Å². The highest BCUT2D eigenvalue weighted by molar-refractivity contribution is 6.03. The van der Waals surface area contributed by atoms with Gasteiger partial charge in [0.25, 0.3) is 0 Å². The topological polar surface area (TPSA) is 59.8 Å². The molecule has 0 bridgehead atoms. The summed E-state index contributed by atoms with van der Waals surface area (Å²) in [5, 5.41) is 0.735. The van der Waals surface area contributed by atoms with Gasteiger partial charge in [-0.3, -0.25) is 9.59 Å². The molecule has 0 N–H and O–H groups in total. The van der Waals surface area contributed by atoms with Gasteiger partial charge in [-0.25, -0.2) is 0 Å². The van der Waals surface area contributed by atoms with Crippen LogP contribution in [0, 0.1) is 0 Å². The summed E-state index contributed by atoms with van der Waals surface area (Å²) in [6.45, 7) is 8.57. The van der Waals surface area contributed by atoms with Gasteiger partial charge in [-0.1, -0.05) is 66.7 Å². The number of ketones is 1. The van der Waals surface area contributed by atoms with Gasteiger partial charge < -0.3 is 14.1 Å². The van der Waals surface area contributed by atoms with Crippen LogP contribution >= 0.6 is 0 Å². The summed E-state index contributed by atoms with van der Waals surface area (Å²) in [6, 6.07) is 25.5. The van der Waals surface area contributed by atoms with E-state index in [-0.39, 0.29) is 23.6 Å². The third kappa shape index (κ3) is 5.25. The summed E-state index contributed by atoms with van der Waals surface area (Å²) >= 11 is 0. The van der Waals surface area contributed by atoms with E-state index in [0.29, 0.717) is 24.4 Å². The largest absolute Gasteiger partial charge is 0.477 e. The third-order valence-corrected chi connectivity index (χ3v) is 6.28. The van der Waals surface area contributed by atoms with Crippen LogP contribution in [0.3, 0.4) is 0 Å². The lowest BCUT2D eigenvalue weighted by atomic mass is 10.00. The number of amides is 1. The zero-order valence-electron chi connectivity index (χ0n) is 21.2. The summed E-state index contributed by atoms with van der Waals surface area (Å²) in [5.74, 6) is 0.559. The Hall–Kier alpha value is -4.12. The minimum atomic E-state index is -0.367. The Kier molecular flexibility index (Phi) is 7.69. The molecule has 0 unspecified atom stereocenters. The number of hydrogen-bond donors (Lipinski definition) is 0. The molecule has 0 saturated heterocycles. The van der Waals surface area contributed by atoms with Crippen LogP contribution < -0.4 is 4.74 Å². The molecule has 36 heavy (non-hydrogen) atoms. The Morgan fingerprint density at radius 1 is 0.889 bits per heavy atom. The zero-order valence-corrected chi connectivity index (χ0v) is 21.2. The van der Waals surface area contributed by atoms with Crippen molar-refractivity contribution in [1.82, 2.24) is 4.90 Å². The lowest BCUT2D eigenvalue weighted by molar-refractivity contribution is -0.125. The Morgan fingerprint density at radius 2 is 1.47 bits per heavy atom. The molecule has 0 saturated carbocycles. The number of benzene rings is 3. The fourth-order valence-corrected chi connectivity index (χ4v) is 4.31. The molecule has 5 heteroatoms. The van der Waals surface area contributed by atoms with Gasteiger partial charge in [0, 0.05) is 31.5 Å². The van der Waals surface area contributed by atoms with Crippen molar-refractivity contribution in [3.63, 3.8) is 0 Å². The first-order valence-electron chi connectivity index (χ1n) is 12.2. The number of allylic oxidation sites excluding steroid dienone is 1. The van der Waals surface area contributed by atoms with Crippen molar-refractivity contribution in [3.8, 4) is 5.75 Å². The number of hydrogen-bond acceptors (Lipinski definition) is 4. The molecular weight excluding hydrogens is 450 g/mol. The van der Waals surface area contributed by atoms with Crippen LogP contribution in [-0.4, -0.2) is 29.7 Å². The van der Waals surface area contributed by atoms with Crippen LogP contribution in [0.4, 0.5) is 0 Å². The highest BCUT2D eigenvalue weighted by atomic mass is 16.5. The molecule has 3 aromatic carbocycles. The van der Waals surface area contributed by atoms with Crippen LogP contribution in [0.1, 0.15) is 61.0 Å². The number of carbonyl (C=O) groups is 2. The number of furan rings is 1. The first-order chi connectivity index (χ1) is 17.4. The first-order valence-corrected chi connectivity index (χ1v) is 12.2. The Labute approximate surface area is 212 Å². The third-order valence-electron chi connectivity index (χ3n) is 6.28. The minimum Gasteiger partial charge on any atom is -0.477 e. The Balaban J connectivity index is 1.81. The predicted molar refractivity (Wildman–Crippen MR) is 143 cm³/mol. The van der Waals surface area contributed by atoms with Crippen molar-refractivity contribution in [1.29, 1.82) is 0 Å². The molecule has 1 amide bonds. The smallest absolute Gasteiger partial charge is 0.246 e. The maximum atomic E-state index is 12.7. The highest BCUT2D eigenvalue weighted by Gasteiger charge is 2.22. The Bertz CT molecular complexity index is 1340. The van der Waals surface area contributed by atoms with Crippen molar-refractivity contribution >= 4 is 28.2 Å². The van der Waals surface area contributed by atoms with Crippen LogP contribution in [-0.2, 0) is 4.79 Å². The molecule has 4 aromatic rings. The molecule has 0 aliphatic heterocycles. The van der Waals surface area contributed by atoms with Crippen LogP contribution in [0.25, 0.3) is 16.5 Å². The van der Waals surface area contributed by atoms with Gasteiger partial charge in [0.2, 0.25) is 5.91 Å². The molecule has 0 spiro atoms. The summed E-state index contributed by atoms with van der Waals surface area (Å²) in [4.78, 5) is 26.7. The summed E-state index contributed by atoms with van der Waals surface area (Å²) in [7, 11) is 0. The lowest BCUT2D eigenvalue weighted by Crippen LogP contribution is -2.28. The van der Waals surface area contributed by atoms with E-state index in [9.17, 15) is 9.59 Å². The second-order valence-electron chi connectivity index (χ2n) is 8.68. The number of carbonyl (C=O) groups excluding carboxylic acids is 2. The number of nitrogens with zero attached hydrogens (tertiary/aromatic N) is 1. The quantitative estimate of drug-likeness (QED) is 0.189. The molecule has 5 nitrogen and oxygen atoms in total. The molecule has 184 valence electrons. The molecule has 0 aliphatic carbocycles. The van der Waals surface area contributed by atoms with Crippen LogP contribution in [0.2, 0.25) is 0 Å². The van der Waals surface area contributed by atoms with E-state index in [1.165, 1.54) is 6.92 Å². The van der Waals surface area contributed by atoms with E-state index in [1.54, 1.807) is 17.0 Å². The molecule has 0 fully saturated rings. The van der Waals surface area contributed by atoms with E-state index in [4.69, 9.17) is 9.15 Å². The van der Waals surface area contributed by atoms with Gasteiger partial charge in [-0.2, -0.15) is 0 Å². The number of ether oxygens (including phenoxy) is 1. The monoisotopic (exact) mass is 481 g/mol. The van der Waals surface area contributed by atoms with Crippen LogP contribution in [0.5, 0.6) is 5.75 Å².